The summed E-state index contributed by atoms with van der Waals surface area (Å²) in [4.78, 5) is 52.2. The number of aromatic nitrogens is 4. The number of aryl methyl sites for hydroxylation is 5. The second kappa shape index (κ2) is 31.4. The third kappa shape index (κ3) is 20.9. The Morgan fingerprint density at radius 3 is 1.56 bits per heavy atom. The van der Waals surface area contributed by atoms with Gasteiger partial charge in [-0.1, -0.05) is 110 Å². The van der Waals surface area contributed by atoms with Crippen molar-refractivity contribution < 1.29 is 48.0 Å². The number of carboxylic acid groups (broad SMARTS) is 1. The van der Waals surface area contributed by atoms with Crippen molar-refractivity contribution >= 4 is 59.6 Å². The van der Waals surface area contributed by atoms with Gasteiger partial charge in [0.2, 0.25) is 11.8 Å². The zero-order chi connectivity index (χ0) is 61.2. The van der Waals surface area contributed by atoms with Gasteiger partial charge < -0.3 is 35.1 Å². The van der Waals surface area contributed by atoms with Crippen molar-refractivity contribution in [2.24, 2.45) is 11.1 Å². The topological polar surface area (TPSA) is 216 Å². The molecule has 0 radical (unpaired) electrons. The number of amides is 1. The fraction of sp³-hybridized carbons (Fsp3) is 0.292. The number of benzene rings is 6. The number of carbonyl (C=O) groups excluding carboxylic acids is 4. The highest BCUT2D eigenvalue weighted by atomic mass is 35.5. The van der Waals surface area contributed by atoms with Crippen LogP contribution in [0.5, 0.6) is 29.0 Å². The Labute approximate surface area is 507 Å². The van der Waals surface area contributed by atoms with Crippen LogP contribution in [0.4, 0.5) is 0 Å². The number of hydrogen-bond acceptors (Lipinski definition) is 12. The van der Waals surface area contributed by atoms with Crippen LogP contribution >= 0.6 is 35.6 Å². The molecule has 0 unspecified atom stereocenters. The molecule has 2 aromatic heterocycles. The summed E-state index contributed by atoms with van der Waals surface area (Å²) in [5.74, 6) is 1.02. The fourth-order valence-electron chi connectivity index (χ4n) is 7.96. The minimum absolute atomic E-state index is 0. The van der Waals surface area contributed by atoms with Crippen LogP contribution in [-0.2, 0) is 19.1 Å². The van der Waals surface area contributed by atoms with Gasteiger partial charge in [0.05, 0.1) is 35.4 Å². The Kier molecular flexibility index (Phi) is 25.5. The van der Waals surface area contributed by atoms with Gasteiger partial charge in [-0.05, 0) is 175 Å². The second-order valence-electron chi connectivity index (χ2n) is 21.6. The van der Waals surface area contributed by atoms with E-state index in [1.165, 1.54) is 6.07 Å². The molecule has 1 amide bonds. The summed E-state index contributed by atoms with van der Waals surface area (Å²) in [6.45, 7) is 25.3. The molecule has 0 bridgehead atoms. The standard InChI is InChI=1S/C34H39N3O5.C24H18Cl2N2O3.C6H15N.CO2.ClH/c1-8-40-30-15-11-23(3)19-28(30)37-21-27(25-12-9-22(2)10-13-25)33(36-37)41-29-16-14-26(20-24(29)4)32(39)35-18-17-31(38)42-34(5,6)7;1-14-3-5-16(6-4-14)21-13-28(20-11-18(25)10-19(26)12-20)27-23(21)31-22-8-7-17(24(29)30)9-15(22)2;1-6(2,3)4-5-7;2-1-3;/h9-16,19-21H,8,17-18H2,1-7H3,(H,35,39);3-13H,1-2H3,(H,29,30);4-5,7H2,1-3H3;;1H. The number of ether oxygens (including phenoxy) is 4. The average Bonchev–Trinajstić information content (AvgIpc) is 2.57. The predicted molar refractivity (Wildman–Crippen MR) is 331 cm³/mol. The van der Waals surface area contributed by atoms with Crippen molar-refractivity contribution in [2.75, 3.05) is 19.7 Å². The number of carbonyl (C=O) groups is 3. The van der Waals surface area contributed by atoms with Crippen molar-refractivity contribution in [3.63, 3.8) is 0 Å². The fourth-order valence-corrected chi connectivity index (χ4v) is 8.47. The van der Waals surface area contributed by atoms with E-state index in [0.717, 1.165) is 68.9 Å². The molecule has 6 aromatic carbocycles. The first-order valence-corrected chi connectivity index (χ1v) is 27.5. The number of esters is 1. The van der Waals surface area contributed by atoms with Gasteiger partial charge in [-0.25, -0.2) is 14.2 Å². The molecule has 0 aliphatic heterocycles. The van der Waals surface area contributed by atoms with Crippen LogP contribution in [0.1, 0.15) is 110 Å². The maximum atomic E-state index is 12.7. The molecule has 2 heterocycles. The van der Waals surface area contributed by atoms with E-state index in [1.54, 1.807) is 64.8 Å². The van der Waals surface area contributed by atoms with E-state index < -0.39 is 11.6 Å². The van der Waals surface area contributed by atoms with Crippen LogP contribution in [0, 0.1) is 40.0 Å². The lowest BCUT2D eigenvalue weighted by Crippen LogP contribution is -2.29. The summed E-state index contributed by atoms with van der Waals surface area (Å²) in [7, 11) is 0. The number of rotatable bonds is 16. The number of nitrogens with one attached hydrogen (secondary N) is 1. The van der Waals surface area contributed by atoms with Crippen LogP contribution < -0.4 is 25.3 Å². The van der Waals surface area contributed by atoms with E-state index in [2.05, 4.69) is 43.3 Å². The molecule has 84 heavy (non-hydrogen) atoms. The van der Waals surface area contributed by atoms with Crippen molar-refractivity contribution in [1.29, 1.82) is 0 Å². The monoisotopic (exact) mass is 1200 g/mol. The summed E-state index contributed by atoms with van der Waals surface area (Å²) in [6.07, 6.45) is 5.26. The van der Waals surface area contributed by atoms with E-state index in [-0.39, 0.29) is 49.0 Å². The number of carboxylic acids is 1. The molecular weight excluding hydrogens is 1130 g/mol. The SMILES string of the molecule is CC(C)(C)CCN.CCOc1ccc(C)cc1-n1cc(-c2ccc(C)cc2)c(Oc2ccc(C(=O)NCCC(=O)OC(C)(C)C)cc2C)n1.Cc1ccc(-c2cn(-c3cc(Cl)cc(Cl)c3)nc2Oc2ccc(C(=O)O)cc2C)cc1.Cl.O=C=O. The molecule has 0 fully saturated rings. The van der Waals surface area contributed by atoms with Crippen molar-refractivity contribution in [3.05, 3.63) is 183 Å². The third-order valence-electron chi connectivity index (χ3n) is 12.1. The van der Waals surface area contributed by atoms with Gasteiger partial charge in [-0.2, -0.15) is 9.59 Å². The largest absolute Gasteiger partial charge is 0.492 e. The van der Waals surface area contributed by atoms with Gasteiger partial charge in [0.1, 0.15) is 28.5 Å². The summed E-state index contributed by atoms with van der Waals surface area (Å²) in [6, 6.07) is 37.3. The van der Waals surface area contributed by atoms with Gasteiger partial charge in [0.15, 0.2) is 0 Å². The Morgan fingerprint density at radius 2 is 1.11 bits per heavy atom. The van der Waals surface area contributed by atoms with Gasteiger partial charge in [0.25, 0.3) is 5.91 Å². The van der Waals surface area contributed by atoms with E-state index in [4.69, 9.17) is 62.6 Å². The zero-order valence-corrected chi connectivity index (χ0v) is 51.7. The lowest BCUT2D eigenvalue weighted by atomic mass is 9.93. The normalized spacial score (nSPS) is 10.7. The first kappa shape index (κ1) is 68.3. The van der Waals surface area contributed by atoms with Crippen LogP contribution in [0.15, 0.2) is 134 Å². The second-order valence-corrected chi connectivity index (χ2v) is 22.5. The van der Waals surface area contributed by atoms with E-state index >= 15 is 0 Å². The minimum atomic E-state index is -0.989. The smallest absolute Gasteiger partial charge is 0.373 e. The summed E-state index contributed by atoms with van der Waals surface area (Å²) in [5.41, 5.74) is 15.7. The summed E-state index contributed by atoms with van der Waals surface area (Å²) >= 11 is 12.3. The molecule has 8 rings (SSSR count). The van der Waals surface area contributed by atoms with Crippen LogP contribution in [0.2, 0.25) is 10.0 Å². The Balaban J connectivity index is 0.000000316. The van der Waals surface area contributed by atoms with E-state index in [9.17, 15) is 19.5 Å². The molecule has 8 aromatic rings. The van der Waals surface area contributed by atoms with Crippen molar-refractivity contribution in [1.82, 2.24) is 24.9 Å². The Morgan fingerprint density at radius 1 is 0.643 bits per heavy atom. The first-order chi connectivity index (χ1) is 39.2. The number of aromatic carboxylic acids is 1. The van der Waals surface area contributed by atoms with E-state index in [1.807, 2.05) is 122 Å². The van der Waals surface area contributed by atoms with Crippen LogP contribution in [0.25, 0.3) is 33.6 Å². The molecule has 0 aliphatic rings. The maximum absolute atomic E-state index is 12.7. The number of nitrogens with two attached hydrogens (primary N) is 1. The van der Waals surface area contributed by atoms with Gasteiger partial charge in [-0.15, -0.1) is 22.6 Å². The Bertz CT molecular complexity index is 3520. The van der Waals surface area contributed by atoms with Crippen LogP contribution in [-0.4, -0.2) is 74.0 Å². The van der Waals surface area contributed by atoms with Gasteiger partial charge in [0, 0.05) is 34.5 Å². The summed E-state index contributed by atoms with van der Waals surface area (Å²) in [5, 5.41) is 22.4. The number of nitrogens with zero attached hydrogens (tertiary/aromatic N) is 4. The molecule has 0 aliphatic carbocycles. The predicted octanol–water partition coefficient (Wildman–Crippen LogP) is 15.3. The molecule has 16 nitrogen and oxygen atoms in total. The quantitative estimate of drug-likeness (QED) is 0.0768. The first-order valence-electron chi connectivity index (χ1n) is 26.7. The molecule has 19 heteroatoms. The minimum Gasteiger partial charge on any atom is -0.492 e. The highest BCUT2D eigenvalue weighted by molar-refractivity contribution is 6.34. The van der Waals surface area contributed by atoms with Crippen molar-refractivity contribution in [2.45, 2.75) is 102 Å². The van der Waals surface area contributed by atoms with Crippen molar-refractivity contribution in [3.8, 4) is 62.6 Å². The highest BCUT2D eigenvalue weighted by Gasteiger charge is 2.21. The molecule has 0 atom stereocenters. The molecule has 0 saturated carbocycles. The lowest BCUT2D eigenvalue weighted by molar-refractivity contribution is -0.191. The molecular formula is C65H73Cl3N6O10. The average molecular weight is 1200 g/mol. The molecule has 4 N–H and O–H groups in total. The number of hydrogen-bond donors (Lipinski definition) is 3. The lowest BCUT2D eigenvalue weighted by Gasteiger charge is -2.19. The molecule has 444 valence electrons. The molecule has 0 saturated heterocycles. The third-order valence-corrected chi connectivity index (χ3v) is 12.5. The maximum Gasteiger partial charge on any atom is 0.373 e. The van der Waals surface area contributed by atoms with E-state index in [0.29, 0.717) is 62.1 Å². The highest BCUT2D eigenvalue weighted by Crippen LogP contribution is 2.38. The van der Waals surface area contributed by atoms with Gasteiger partial charge in [-0.3, -0.25) is 9.59 Å². The Hall–Kier alpha value is -8.24. The number of halogens is 3. The van der Waals surface area contributed by atoms with Crippen LogP contribution in [0.3, 0.4) is 0 Å². The molecule has 0 spiro atoms. The zero-order valence-electron chi connectivity index (χ0n) is 49.4. The van der Waals surface area contributed by atoms with Gasteiger partial charge >= 0.3 is 18.1 Å². The summed E-state index contributed by atoms with van der Waals surface area (Å²) < 4.78 is 27.1.